The van der Waals surface area contributed by atoms with Gasteiger partial charge in [0, 0.05) is 52.4 Å². The van der Waals surface area contributed by atoms with Gasteiger partial charge in [-0.05, 0) is 52.7 Å². The molecule has 9 nitrogen and oxygen atoms in total. The van der Waals surface area contributed by atoms with Crippen LogP contribution in [0.5, 0.6) is 0 Å². The number of amides is 1. The number of hydrogen-bond donors (Lipinski definition) is 3. The number of aliphatic hydroxyl groups is 3. The molecule has 33 heavy (non-hydrogen) atoms. The Bertz CT molecular complexity index is 509. The molecule has 0 aromatic carbocycles. The fourth-order valence-corrected chi connectivity index (χ4v) is 4.43. The van der Waals surface area contributed by atoms with E-state index in [2.05, 4.69) is 21.6 Å². The van der Waals surface area contributed by atoms with Gasteiger partial charge < -0.3 is 25.0 Å². The van der Waals surface area contributed by atoms with Crippen molar-refractivity contribution in [3.05, 3.63) is 0 Å². The third kappa shape index (κ3) is 14.1. The van der Waals surface area contributed by atoms with E-state index in [9.17, 15) is 20.1 Å². The molecule has 0 radical (unpaired) electrons. The van der Waals surface area contributed by atoms with Crippen LogP contribution in [0.2, 0.25) is 0 Å². The number of nitrogens with zero attached hydrogens (tertiary/aromatic N) is 4. The van der Waals surface area contributed by atoms with Crippen molar-refractivity contribution in [2.75, 3.05) is 79.1 Å². The minimum atomic E-state index is -0.434. The van der Waals surface area contributed by atoms with E-state index in [-0.39, 0.29) is 12.2 Å². The summed E-state index contributed by atoms with van der Waals surface area (Å²) in [6.07, 6.45) is 3.10. The Morgan fingerprint density at radius 1 is 0.788 bits per heavy atom. The summed E-state index contributed by atoms with van der Waals surface area (Å²) in [6, 6.07) is 0. The molecule has 3 unspecified atom stereocenters. The van der Waals surface area contributed by atoms with Crippen LogP contribution in [0, 0.1) is 0 Å². The second-order valence-corrected chi connectivity index (χ2v) is 9.56. The van der Waals surface area contributed by atoms with E-state index in [1.54, 1.807) is 11.8 Å². The molecule has 0 saturated carbocycles. The minimum absolute atomic E-state index is 0.322. The molecule has 1 amide bonds. The zero-order valence-corrected chi connectivity index (χ0v) is 21.5. The molecule has 0 spiro atoms. The molecular weight excluding hydrogens is 424 g/mol. The maximum atomic E-state index is 12.3. The van der Waals surface area contributed by atoms with Gasteiger partial charge in [0.05, 0.1) is 25.4 Å². The minimum Gasteiger partial charge on any atom is -0.453 e. The summed E-state index contributed by atoms with van der Waals surface area (Å²) in [5, 5.41) is 30.4. The Hall–Kier alpha value is -0.970. The first kappa shape index (κ1) is 30.1. The molecule has 0 aromatic heterocycles. The van der Waals surface area contributed by atoms with Gasteiger partial charge in [0.15, 0.2) is 0 Å². The van der Waals surface area contributed by atoms with Crippen LogP contribution in [0.15, 0.2) is 0 Å². The molecule has 1 aliphatic heterocycles. The topological polar surface area (TPSA) is 100.0 Å². The van der Waals surface area contributed by atoms with E-state index in [0.29, 0.717) is 39.3 Å². The summed E-state index contributed by atoms with van der Waals surface area (Å²) >= 11 is 0. The summed E-state index contributed by atoms with van der Waals surface area (Å²) in [6.45, 7) is 13.5. The Balaban J connectivity index is 2.89. The van der Waals surface area contributed by atoms with E-state index in [1.807, 2.05) is 6.92 Å². The van der Waals surface area contributed by atoms with Gasteiger partial charge in [-0.25, -0.2) is 4.79 Å². The average Bonchev–Trinajstić information content (AvgIpc) is 2.75. The molecule has 1 saturated heterocycles. The van der Waals surface area contributed by atoms with Crippen molar-refractivity contribution < 1.29 is 24.9 Å². The van der Waals surface area contributed by atoms with Gasteiger partial charge in [0.25, 0.3) is 0 Å². The standard InChI is InChI=1S/C24H50N4O5/c1-5-6-9-23(31)20-27-12-8-13-28(24(32)33-4)17-16-26(19-22(3)30)11-7-10-25(14-15-27)18-21(2)29/h21-23,29-31H,5-20H2,1-4H3. The summed E-state index contributed by atoms with van der Waals surface area (Å²) in [5.41, 5.74) is 0. The van der Waals surface area contributed by atoms with Crippen LogP contribution in [-0.4, -0.2) is 138 Å². The SMILES string of the molecule is CCCCC(O)CN1CCCN(C(=O)OC)CCN(CC(C)O)CCCN(CC(C)O)CC1. The van der Waals surface area contributed by atoms with E-state index in [0.717, 1.165) is 64.8 Å². The van der Waals surface area contributed by atoms with Crippen molar-refractivity contribution in [1.82, 2.24) is 19.6 Å². The predicted molar refractivity (Wildman–Crippen MR) is 131 cm³/mol. The summed E-state index contributed by atoms with van der Waals surface area (Å²) < 4.78 is 5.00. The summed E-state index contributed by atoms with van der Waals surface area (Å²) in [5.74, 6) is 0. The van der Waals surface area contributed by atoms with Gasteiger partial charge in [-0.3, -0.25) is 14.7 Å². The third-order valence-corrected chi connectivity index (χ3v) is 6.11. The maximum Gasteiger partial charge on any atom is 0.409 e. The maximum absolute atomic E-state index is 12.3. The van der Waals surface area contributed by atoms with Gasteiger partial charge in [0.1, 0.15) is 0 Å². The van der Waals surface area contributed by atoms with Gasteiger partial charge in [-0.2, -0.15) is 0 Å². The Morgan fingerprint density at radius 3 is 1.76 bits per heavy atom. The van der Waals surface area contributed by atoms with Crippen LogP contribution in [-0.2, 0) is 4.74 Å². The second kappa shape index (κ2) is 17.5. The lowest BCUT2D eigenvalue weighted by Crippen LogP contribution is -2.45. The van der Waals surface area contributed by atoms with Crippen LogP contribution < -0.4 is 0 Å². The quantitative estimate of drug-likeness (QED) is 0.456. The highest BCUT2D eigenvalue weighted by atomic mass is 16.5. The summed E-state index contributed by atoms with van der Waals surface area (Å²) in [4.78, 5) is 20.8. The van der Waals surface area contributed by atoms with Gasteiger partial charge in [-0.1, -0.05) is 19.8 Å². The van der Waals surface area contributed by atoms with E-state index >= 15 is 0 Å². The second-order valence-electron chi connectivity index (χ2n) is 9.56. The number of methoxy groups -OCH3 is 1. The van der Waals surface area contributed by atoms with E-state index < -0.39 is 12.2 Å². The van der Waals surface area contributed by atoms with Crippen molar-refractivity contribution in [3.63, 3.8) is 0 Å². The van der Waals surface area contributed by atoms with Crippen LogP contribution in [0.25, 0.3) is 0 Å². The molecule has 3 N–H and O–H groups in total. The van der Waals surface area contributed by atoms with E-state index in [1.165, 1.54) is 7.11 Å². The molecular formula is C24H50N4O5. The highest BCUT2D eigenvalue weighted by molar-refractivity contribution is 5.67. The summed E-state index contributed by atoms with van der Waals surface area (Å²) in [7, 11) is 1.41. The average molecular weight is 475 g/mol. The van der Waals surface area contributed by atoms with Crippen molar-refractivity contribution >= 4 is 6.09 Å². The largest absolute Gasteiger partial charge is 0.453 e. The molecule has 1 fully saturated rings. The van der Waals surface area contributed by atoms with Gasteiger partial charge in [0.2, 0.25) is 0 Å². The predicted octanol–water partition coefficient (Wildman–Crippen LogP) is 1.07. The number of ether oxygens (including phenoxy) is 1. The molecule has 1 heterocycles. The number of hydrogen-bond acceptors (Lipinski definition) is 8. The molecule has 9 heteroatoms. The Kier molecular flexibility index (Phi) is 15.9. The normalized spacial score (nSPS) is 21.8. The lowest BCUT2D eigenvalue weighted by molar-refractivity contribution is 0.0725. The van der Waals surface area contributed by atoms with E-state index in [4.69, 9.17) is 4.74 Å². The highest BCUT2D eigenvalue weighted by Crippen LogP contribution is 2.08. The zero-order valence-electron chi connectivity index (χ0n) is 21.5. The molecule has 3 atom stereocenters. The number of carbonyl (C=O) groups is 1. The number of carbonyl (C=O) groups excluding carboxylic acids is 1. The molecule has 1 aliphatic rings. The van der Waals surface area contributed by atoms with Gasteiger partial charge >= 0.3 is 6.09 Å². The van der Waals surface area contributed by atoms with Crippen LogP contribution in [0.1, 0.15) is 52.9 Å². The number of β-amino-alcohol motifs (C(OH)–C–C–N with tert-alkyl or cyclic N) is 3. The smallest absolute Gasteiger partial charge is 0.409 e. The molecule has 196 valence electrons. The van der Waals surface area contributed by atoms with Crippen LogP contribution in [0.3, 0.4) is 0 Å². The highest BCUT2D eigenvalue weighted by Gasteiger charge is 2.20. The first-order valence-corrected chi connectivity index (χ1v) is 12.8. The molecule has 0 aromatic rings. The van der Waals surface area contributed by atoms with Crippen molar-refractivity contribution in [2.45, 2.75) is 71.2 Å². The fraction of sp³-hybridized carbons (Fsp3) is 0.958. The number of unbranched alkanes of at least 4 members (excludes halogenated alkanes) is 1. The van der Waals surface area contributed by atoms with Crippen molar-refractivity contribution in [1.29, 1.82) is 0 Å². The molecule has 0 bridgehead atoms. The zero-order chi connectivity index (χ0) is 24.6. The third-order valence-electron chi connectivity index (χ3n) is 6.11. The van der Waals surface area contributed by atoms with Crippen molar-refractivity contribution in [2.24, 2.45) is 0 Å². The first-order valence-electron chi connectivity index (χ1n) is 12.8. The van der Waals surface area contributed by atoms with Crippen molar-refractivity contribution in [3.8, 4) is 0 Å². The molecule has 1 rings (SSSR count). The number of rotatable bonds is 9. The monoisotopic (exact) mass is 474 g/mol. The Morgan fingerprint density at radius 2 is 1.27 bits per heavy atom. The Labute approximate surface area is 201 Å². The van der Waals surface area contributed by atoms with Gasteiger partial charge in [-0.15, -0.1) is 0 Å². The fourth-order valence-electron chi connectivity index (χ4n) is 4.43. The lowest BCUT2D eigenvalue weighted by atomic mass is 10.1. The molecule has 0 aliphatic carbocycles. The number of aliphatic hydroxyl groups excluding tert-OH is 3. The van der Waals surface area contributed by atoms with Crippen LogP contribution >= 0.6 is 0 Å². The first-order chi connectivity index (χ1) is 15.7. The lowest BCUT2D eigenvalue weighted by Gasteiger charge is -2.33. The van der Waals surface area contributed by atoms with Crippen LogP contribution in [0.4, 0.5) is 4.79 Å².